The van der Waals surface area contributed by atoms with Gasteiger partial charge in [-0.2, -0.15) is 0 Å². The van der Waals surface area contributed by atoms with Crippen LogP contribution in [0.1, 0.15) is 39.2 Å². The largest absolute Gasteiger partial charge is 0.326 e. The fourth-order valence-corrected chi connectivity index (χ4v) is 3.24. The second-order valence-corrected chi connectivity index (χ2v) is 6.41. The fourth-order valence-electron chi connectivity index (χ4n) is 1.62. The lowest BCUT2D eigenvalue weighted by Crippen LogP contribution is -2.44. The van der Waals surface area contributed by atoms with Gasteiger partial charge in [0, 0.05) is 12.1 Å². The molecule has 0 amide bonds. The summed E-state index contributed by atoms with van der Waals surface area (Å²) in [5.41, 5.74) is 5.93. The molecule has 5 heteroatoms. The molecule has 0 aliphatic carbocycles. The van der Waals surface area contributed by atoms with Gasteiger partial charge >= 0.3 is 0 Å². The molecule has 0 bridgehead atoms. The van der Waals surface area contributed by atoms with Crippen molar-refractivity contribution in [3.05, 3.63) is 29.8 Å². The van der Waals surface area contributed by atoms with Crippen molar-refractivity contribution in [1.29, 1.82) is 0 Å². The monoisotopic (exact) mass is 270 g/mol. The Morgan fingerprint density at radius 3 is 2.39 bits per heavy atom. The molecule has 102 valence electrons. The Labute approximate surface area is 110 Å². The Balaban J connectivity index is 3.06. The number of hydrogen-bond donors (Lipinski definition) is 2. The average Bonchev–Trinajstić information content (AvgIpc) is 2.38. The van der Waals surface area contributed by atoms with Gasteiger partial charge < -0.3 is 5.73 Å². The fraction of sp³-hybridized carbons (Fsp3) is 0.538. The van der Waals surface area contributed by atoms with Crippen LogP contribution in [0.5, 0.6) is 0 Å². The summed E-state index contributed by atoms with van der Waals surface area (Å²) < 4.78 is 27.3. The highest BCUT2D eigenvalue weighted by Gasteiger charge is 2.27. The van der Waals surface area contributed by atoms with Crippen LogP contribution >= 0.6 is 0 Å². The van der Waals surface area contributed by atoms with Crippen molar-refractivity contribution >= 4 is 10.0 Å². The van der Waals surface area contributed by atoms with Crippen LogP contribution in [-0.4, -0.2) is 14.0 Å². The summed E-state index contributed by atoms with van der Waals surface area (Å²) in [5, 5.41) is 0. The van der Waals surface area contributed by atoms with Gasteiger partial charge in [0.25, 0.3) is 0 Å². The Morgan fingerprint density at radius 1 is 1.28 bits per heavy atom. The highest BCUT2D eigenvalue weighted by molar-refractivity contribution is 7.89. The minimum absolute atomic E-state index is 0.276. The maximum Gasteiger partial charge on any atom is 0.241 e. The number of hydrogen-bond acceptors (Lipinski definition) is 3. The zero-order valence-corrected chi connectivity index (χ0v) is 12.0. The van der Waals surface area contributed by atoms with Gasteiger partial charge in [-0.25, -0.2) is 13.1 Å². The van der Waals surface area contributed by atoms with E-state index in [4.69, 9.17) is 5.73 Å². The number of nitrogens with one attached hydrogen (secondary N) is 1. The number of benzene rings is 1. The molecule has 4 nitrogen and oxygen atoms in total. The third-order valence-corrected chi connectivity index (χ3v) is 5.02. The number of nitrogens with two attached hydrogens (primary N) is 1. The molecule has 0 atom stereocenters. The summed E-state index contributed by atoms with van der Waals surface area (Å²) in [6.07, 6.45) is 1.50. The van der Waals surface area contributed by atoms with Crippen LogP contribution in [0, 0.1) is 0 Å². The molecule has 0 heterocycles. The molecule has 3 N–H and O–H groups in total. The van der Waals surface area contributed by atoms with Gasteiger partial charge in [0.2, 0.25) is 10.0 Å². The van der Waals surface area contributed by atoms with Crippen molar-refractivity contribution in [1.82, 2.24) is 4.72 Å². The first kappa shape index (κ1) is 15.1. The molecular weight excluding hydrogens is 248 g/mol. The van der Waals surface area contributed by atoms with E-state index < -0.39 is 15.6 Å². The molecule has 0 radical (unpaired) electrons. The SMILES string of the molecule is CCC(C)(CC)NS(=O)(=O)c1cccc(CN)c1. The summed E-state index contributed by atoms with van der Waals surface area (Å²) in [5.74, 6) is 0. The molecule has 1 rings (SSSR count). The maximum absolute atomic E-state index is 12.3. The van der Waals surface area contributed by atoms with Gasteiger partial charge in [-0.1, -0.05) is 26.0 Å². The minimum Gasteiger partial charge on any atom is -0.326 e. The Bertz CT molecular complexity index is 493. The van der Waals surface area contributed by atoms with E-state index in [-0.39, 0.29) is 4.90 Å². The zero-order valence-electron chi connectivity index (χ0n) is 11.2. The first-order valence-corrected chi connectivity index (χ1v) is 7.68. The molecule has 0 fully saturated rings. The lowest BCUT2D eigenvalue weighted by Gasteiger charge is -2.27. The maximum atomic E-state index is 12.3. The van der Waals surface area contributed by atoms with E-state index in [9.17, 15) is 8.42 Å². The summed E-state index contributed by atoms with van der Waals surface area (Å²) in [6.45, 7) is 6.20. The van der Waals surface area contributed by atoms with Crippen LogP contribution in [0.3, 0.4) is 0 Å². The smallest absolute Gasteiger partial charge is 0.241 e. The molecule has 1 aromatic rings. The standard InChI is InChI=1S/C13H22N2O2S/c1-4-13(3,5-2)15-18(16,17)12-8-6-7-11(9-12)10-14/h6-9,15H,4-5,10,14H2,1-3H3. The van der Waals surface area contributed by atoms with Gasteiger partial charge in [-0.15, -0.1) is 0 Å². The normalized spacial score (nSPS) is 12.7. The van der Waals surface area contributed by atoms with Gasteiger partial charge in [-0.3, -0.25) is 0 Å². The molecule has 0 unspecified atom stereocenters. The van der Waals surface area contributed by atoms with E-state index in [1.165, 1.54) is 0 Å². The Hall–Kier alpha value is -0.910. The molecule has 0 aromatic heterocycles. The zero-order chi connectivity index (χ0) is 13.8. The van der Waals surface area contributed by atoms with E-state index in [1.807, 2.05) is 26.8 Å². The molecule has 0 saturated heterocycles. The topological polar surface area (TPSA) is 72.2 Å². The summed E-state index contributed by atoms with van der Waals surface area (Å²) in [4.78, 5) is 0.276. The van der Waals surface area contributed by atoms with Gasteiger partial charge in [0.15, 0.2) is 0 Å². The van der Waals surface area contributed by atoms with Gasteiger partial charge in [0.1, 0.15) is 0 Å². The molecule has 0 aliphatic rings. The van der Waals surface area contributed by atoms with Gasteiger partial charge in [-0.05, 0) is 37.5 Å². The number of rotatable bonds is 6. The van der Waals surface area contributed by atoms with Crippen LogP contribution < -0.4 is 10.5 Å². The van der Waals surface area contributed by atoms with E-state index in [1.54, 1.807) is 18.2 Å². The Kier molecular flexibility index (Phi) is 4.90. The summed E-state index contributed by atoms with van der Waals surface area (Å²) >= 11 is 0. The second-order valence-electron chi connectivity index (χ2n) is 4.72. The van der Waals surface area contributed by atoms with Gasteiger partial charge in [0.05, 0.1) is 4.90 Å². The lowest BCUT2D eigenvalue weighted by molar-refractivity contribution is 0.388. The first-order valence-electron chi connectivity index (χ1n) is 6.20. The van der Waals surface area contributed by atoms with Crippen LogP contribution in [0.2, 0.25) is 0 Å². The summed E-state index contributed by atoms with van der Waals surface area (Å²) in [7, 11) is -3.48. The first-order chi connectivity index (χ1) is 8.37. The van der Waals surface area contributed by atoms with Crippen molar-refractivity contribution < 1.29 is 8.42 Å². The molecule has 1 aromatic carbocycles. The van der Waals surface area contributed by atoms with E-state index in [0.717, 1.165) is 18.4 Å². The van der Waals surface area contributed by atoms with Crippen LogP contribution in [0.15, 0.2) is 29.2 Å². The third kappa shape index (κ3) is 3.54. The third-order valence-electron chi connectivity index (χ3n) is 3.39. The Morgan fingerprint density at radius 2 is 1.89 bits per heavy atom. The van der Waals surface area contributed by atoms with Crippen molar-refractivity contribution in [3.63, 3.8) is 0 Å². The predicted molar refractivity (Wildman–Crippen MR) is 73.6 cm³/mol. The average molecular weight is 270 g/mol. The van der Waals surface area contributed by atoms with Crippen molar-refractivity contribution in [2.24, 2.45) is 5.73 Å². The molecule has 0 spiro atoms. The lowest BCUT2D eigenvalue weighted by atomic mass is 9.98. The van der Waals surface area contributed by atoms with Crippen LogP contribution in [0.25, 0.3) is 0 Å². The van der Waals surface area contributed by atoms with E-state index >= 15 is 0 Å². The van der Waals surface area contributed by atoms with E-state index in [0.29, 0.717) is 6.54 Å². The van der Waals surface area contributed by atoms with Crippen molar-refractivity contribution in [3.8, 4) is 0 Å². The van der Waals surface area contributed by atoms with Crippen LogP contribution in [0.4, 0.5) is 0 Å². The second kappa shape index (κ2) is 5.82. The van der Waals surface area contributed by atoms with Crippen LogP contribution in [-0.2, 0) is 16.6 Å². The highest BCUT2D eigenvalue weighted by Crippen LogP contribution is 2.19. The quantitative estimate of drug-likeness (QED) is 0.830. The molecule has 0 saturated carbocycles. The van der Waals surface area contributed by atoms with E-state index in [2.05, 4.69) is 4.72 Å². The summed E-state index contributed by atoms with van der Waals surface area (Å²) in [6, 6.07) is 6.74. The molecular formula is C13H22N2O2S. The predicted octanol–water partition coefficient (Wildman–Crippen LogP) is 2.00. The number of sulfonamides is 1. The molecule has 0 aliphatic heterocycles. The highest BCUT2D eigenvalue weighted by atomic mass is 32.2. The van der Waals surface area contributed by atoms with Crippen molar-refractivity contribution in [2.75, 3.05) is 0 Å². The molecule has 18 heavy (non-hydrogen) atoms. The minimum atomic E-state index is -3.48. The van der Waals surface area contributed by atoms with Crippen molar-refractivity contribution in [2.45, 2.75) is 50.6 Å².